The van der Waals surface area contributed by atoms with E-state index in [1.54, 1.807) is 0 Å². The van der Waals surface area contributed by atoms with E-state index in [0.29, 0.717) is 0 Å². The van der Waals surface area contributed by atoms with Crippen LogP contribution >= 0.6 is 15.9 Å². The highest BCUT2D eigenvalue weighted by Gasteiger charge is 2.10. The molecule has 1 aliphatic rings. The molecule has 0 aliphatic carbocycles. The van der Waals surface area contributed by atoms with Gasteiger partial charge in [-0.15, -0.1) is 0 Å². The van der Waals surface area contributed by atoms with Gasteiger partial charge in [0.2, 0.25) is 0 Å². The van der Waals surface area contributed by atoms with E-state index in [0.717, 1.165) is 30.5 Å². The molecule has 2 aromatic rings. The van der Waals surface area contributed by atoms with E-state index in [9.17, 15) is 0 Å². The summed E-state index contributed by atoms with van der Waals surface area (Å²) >= 11 is 3.47. The molecule has 104 valence electrons. The summed E-state index contributed by atoms with van der Waals surface area (Å²) in [5.74, 6) is 0. The van der Waals surface area contributed by atoms with Crippen LogP contribution in [0.1, 0.15) is 16.7 Å². The summed E-state index contributed by atoms with van der Waals surface area (Å²) in [6.45, 7) is 3.02. The molecular formula is C17H19BrN2. The maximum absolute atomic E-state index is 3.47. The van der Waals surface area contributed by atoms with Gasteiger partial charge in [-0.25, -0.2) is 0 Å². The highest BCUT2D eigenvalue weighted by molar-refractivity contribution is 9.10. The van der Waals surface area contributed by atoms with Gasteiger partial charge in [0, 0.05) is 29.8 Å². The van der Waals surface area contributed by atoms with Crippen molar-refractivity contribution in [2.24, 2.45) is 0 Å². The number of nitrogens with zero attached hydrogens (tertiary/aromatic N) is 1. The smallest absolute Gasteiger partial charge is 0.0376 e. The zero-order chi connectivity index (χ0) is 13.9. The highest BCUT2D eigenvalue weighted by Crippen LogP contribution is 2.24. The monoisotopic (exact) mass is 330 g/mol. The minimum Gasteiger partial charge on any atom is -0.384 e. The van der Waals surface area contributed by atoms with Gasteiger partial charge in [-0.3, -0.25) is 4.90 Å². The number of fused-ring (bicyclic) bond motifs is 1. The lowest BCUT2D eigenvalue weighted by atomic mass is 10.1. The molecule has 1 aliphatic heterocycles. The molecule has 0 unspecified atom stereocenters. The van der Waals surface area contributed by atoms with E-state index >= 15 is 0 Å². The summed E-state index contributed by atoms with van der Waals surface area (Å²) in [4.78, 5) is 2.35. The maximum Gasteiger partial charge on any atom is 0.0376 e. The van der Waals surface area contributed by atoms with Crippen molar-refractivity contribution in [3.8, 4) is 0 Å². The van der Waals surface area contributed by atoms with Crippen molar-refractivity contribution in [1.29, 1.82) is 0 Å². The second-order valence-corrected chi connectivity index (χ2v) is 6.38. The van der Waals surface area contributed by atoms with Gasteiger partial charge in [0.1, 0.15) is 0 Å². The summed E-state index contributed by atoms with van der Waals surface area (Å²) in [5, 5.41) is 3.45. The lowest BCUT2D eigenvalue weighted by molar-refractivity contribution is 0.319. The molecule has 0 fully saturated rings. The van der Waals surface area contributed by atoms with Gasteiger partial charge in [0.25, 0.3) is 0 Å². The Labute approximate surface area is 128 Å². The summed E-state index contributed by atoms with van der Waals surface area (Å²) in [6.07, 6.45) is 1.16. The van der Waals surface area contributed by atoms with Gasteiger partial charge >= 0.3 is 0 Å². The summed E-state index contributed by atoms with van der Waals surface area (Å²) in [7, 11) is 2.17. The van der Waals surface area contributed by atoms with Crippen molar-refractivity contribution in [3.05, 3.63) is 63.6 Å². The molecule has 0 aromatic heterocycles. The third-order valence-corrected chi connectivity index (χ3v) is 4.23. The van der Waals surface area contributed by atoms with Gasteiger partial charge in [-0.05, 0) is 48.4 Å². The zero-order valence-corrected chi connectivity index (χ0v) is 13.3. The number of halogens is 1. The van der Waals surface area contributed by atoms with Gasteiger partial charge in [0.15, 0.2) is 0 Å². The van der Waals surface area contributed by atoms with Crippen LogP contribution in [0.5, 0.6) is 0 Å². The first-order chi connectivity index (χ1) is 9.70. The molecule has 1 heterocycles. The van der Waals surface area contributed by atoms with Gasteiger partial charge < -0.3 is 5.32 Å². The largest absolute Gasteiger partial charge is 0.384 e. The van der Waals surface area contributed by atoms with Crippen LogP contribution in [-0.2, 0) is 19.5 Å². The molecule has 2 nitrogen and oxygen atoms in total. The van der Waals surface area contributed by atoms with Crippen LogP contribution in [0.3, 0.4) is 0 Å². The number of hydrogen-bond acceptors (Lipinski definition) is 2. The van der Waals surface area contributed by atoms with Crippen molar-refractivity contribution in [1.82, 2.24) is 4.90 Å². The minimum absolute atomic E-state index is 0.970. The van der Waals surface area contributed by atoms with Crippen LogP contribution in [-0.4, -0.2) is 18.5 Å². The number of hydrogen-bond donors (Lipinski definition) is 1. The van der Waals surface area contributed by atoms with Crippen LogP contribution in [0.4, 0.5) is 5.69 Å². The number of benzene rings is 2. The standard InChI is InChI=1S/C17H19BrN2/c1-20(11-13-3-6-16(18)7-4-13)12-14-2-5-15-8-9-19-17(15)10-14/h2-7,10,19H,8-9,11-12H2,1H3. The zero-order valence-electron chi connectivity index (χ0n) is 11.7. The van der Waals surface area contributed by atoms with Crippen molar-refractivity contribution in [2.45, 2.75) is 19.5 Å². The number of anilines is 1. The van der Waals surface area contributed by atoms with Crippen molar-refractivity contribution in [3.63, 3.8) is 0 Å². The van der Waals surface area contributed by atoms with Crippen LogP contribution in [0.2, 0.25) is 0 Å². The SMILES string of the molecule is CN(Cc1ccc(Br)cc1)Cc1ccc2c(c1)NCC2. The second kappa shape index (κ2) is 5.98. The number of rotatable bonds is 4. The fourth-order valence-electron chi connectivity index (χ4n) is 2.71. The van der Waals surface area contributed by atoms with Gasteiger partial charge in [-0.1, -0.05) is 40.2 Å². The fraction of sp³-hybridized carbons (Fsp3) is 0.294. The Morgan fingerprint density at radius 3 is 2.55 bits per heavy atom. The molecule has 0 saturated carbocycles. The average Bonchev–Trinajstić information content (AvgIpc) is 2.89. The maximum atomic E-state index is 3.47. The van der Waals surface area contributed by atoms with Crippen LogP contribution in [0, 0.1) is 0 Å². The van der Waals surface area contributed by atoms with E-state index in [4.69, 9.17) is 0 Å². The van der Waals surface area contributed by atoms with Gasteiger partial charge in [0.05, 0.1) is 0 Å². The third kappa shape index (κ3) is 3.22. The van der Waals surface area contributed by atoms with Crippen molar-refractivity contribution < 1.29 is 0 Å². The highest BCUT2D eigenvalue weighted by atomic mass is 79.9. The minimum atomic E-state index is 0.970. The fourth-order valence-corrected chi connectivity index (χ4v) is 2.97. The van der Waals surface area contributed by atoms with E-state index in [2.05, 4.69) is 75.7 Å². The quantitative estimate of drug-likeness (QED) is 0.909. The Morgan fingerprint density at radius 1 is 1.05 bits per heavy atom. The van der Waals surface area contributed by atoms with Crippen molar-refractivity contribution >= 4 is 21.6 Å². The second-order valence-electron chi connectivity index (χ2n) is 5.47. The predicted octanol–water partition coefficient (Wildman–Crippen LogP) is 4.05. The molecule has 1 N–H and O–H groups in total. The van der Waals surface area contributed by atoms with Crippen LogP contribution in [0.15, 0.2) is 46.9 Å². The molecule has 3 rings (SSSR count). The van der Waals surface area contributed by atoms with Gasteiger partial charge in [-0.2, -0.15) is 0 Å². The van der Waals surface area contributed by atoms with Crippen LogP contribution in [0.25, 0.3) is 0 Å². The molecular weight excluding hydrogens is 312 g/mol. The molecule has 2 aromatic carbocycles. The average molecular weight is 331 g/mol. The van der Waals surface area contributed by atoms with Crippen molar-refractivity contribution in [2.75, 3.05) is 18.9 Å². The molecule has 0 saturated heterocycles. The van der Waals surface area contributed by atoms with Crippen LogP contribution < -0.4 is 5.32 Å². The Kier molecular flexibility index (Phi) is 4.08. The first-order valence-electron chi connectivity index (χ1n) is 6.99. The first kappa shape index (κ1) is 13.7. The summed E-state index contributed by atoms with van der Waals surface area (Å²) in [5.41, 5.74) is 5.48. The summed E-state index contributed by atoms with van der Waals surface area (Å²) in [6, 6.07) is 15.4. The first-order valence-corrected chi connectivity index (χ1v) is 7.79. The molecule has 0 atom stereocenters. The molecule has 0 amide bonds. The lowest BCUT2D eigenvalue weighted by Crippen LogP contribution is -2.17. The Balaban J connectivity index is 1.63. The van der Waals surface area contributed by atoms with E-state index in [1.807, 2.05) is 0 Å². The Hall–Kier alpha value is -1.32. The predicted molar refractivity (Wildman–Crippen MR) is 87.9 cm³/mol. The third-order valence-electron chi connectivity index (χ3n) is 3.70. The molecule has 20 heavy (non-hydrogen) atoms. The normalized spacial score (nSPS) is 13.3. The molecule has 0 bridgehead atoms. The van der Waals surface area contributed by atoms with E-state index in [1.165, 1.54) is 22.4 Å². The van der Waals surface area contributed by atoms with E-state index < -0.39 is 0 Å². The molecule has 0 radical (unpaired) electrons. The Bertz CT molecular complexity index is 592. The summed E-state index contributed by atoms with van der Waals surface area (Å²) < 4.78 is 1.13. The lowest BCUT2D eigenvalue weighted by Gasteiger charge is -2.17. The topological polar surface area (TPSA) is 15.3 Å². The molecule has 3 heteroatoms. The Morgan fingerprint density at radius 2 is 1.75 bits per heavy atom. The van der Waals surface area contributed by atoms with E-state index in [-0.39, 0.29) is 0 Å². The number of nitrogens with one attached hydrogen (secondary N) is 1. The molecule has 0 spiro atoms.